The van der Waals surface area contributed by atoms with E-state index in [1.807, 2.05) is 19.1 Å². The lowest BCUT2D eigenvalue weighted by Gasteiger charge is -2.36. The van der Waals surface area contributed by atoms with Crippen LogP contribution >= 0.6 is 0 Å². The van der Waals surface area contributed by atoms with Crippen molar-refractivity contribution in [1.29, 1.82) is 0 Å². The molecule has 1 heterocycles. The molecule has 1 saturated heterocycles. The van der Waals surface area contributed by atoms with Gasteiger partial charge >= 0.3 is 0 Å². The highest BCUT2D eigenvalue weighted by molar-refractivity contribution is 7.89. The van der Waals surface area contributed by atoms with Crippen molar-refractivity contribution in [2.45, 2.75) is 24.7 Å². The van der Waals surface area contributed by atoms with Gasteiger partial charge in [-0.1, -0.05) is 29.8 Å². The van der Waals surface area contributed by atoms with Crippen molar-refractivity contribution in [2.24, 2.45) is 17.8 Å². The summed E-state index contributed by atoms with van der Waals surface area (Å²) < 4.78 is 27.2. The maximum absolute atomic E-state index is 12.8. The van der Waals surface area contributed by atoms with Gasteiger partial charge in [0.15, 0.2) is 0 Å². The number of nitrogens with zero attached hydrogens (tertiary/aromatic N) is 2. The molecule has 2 bridgehead atoms. The summed E-state index contributed by atoms with van der Waals surface area (Å²) >= 11 is 0. The molecule has 0 unspecified atom stereocenters. The number of piperazine rings is 1. The number of allylic oxidation sites excluding steroid dienone is 2. The molecule has 1 aromatic carbocycles. The van der Waals surface area contributed by atoms with Crippen molar-refractivity contribution in [2.75, 3.05) is 32.7 Å². The van der Waals surface area contributed by atoms with Gasteiger partial charge in [-0.25, -0.2) is 8.42 Å². The van der Waals surface area contributed by atoms with Gasteiger partial charge in [-0.2, -0.15) is 4.31 Å². The molecule has 0 spiro atoms. The van der Waals surface area contributed by atoms with Crippen molar-refractivity contribution in [3.05, 3.63) is 42.0 Å². The standard InChI is InChI=1S/C19H26N2O2S/c1-15-2-6-19(7-3-15)24(22,23)21-10-8-20(9-11-21)14-18-13-16-4-5-17(18)12-16/h2-7,16-18H,8-14H2,1H3/t16-,17+,18+/m0/s1. The van der Waals surface area contributed by atoms with Crippen LogP contribution in [0.2, 0.25) is 0 Å². The quantitative estimate of drug-likeness (QED) is 0.787. The number of fused-ring (bicyclic) bond motifs is 2. The molecule has 2 aliphatic carbocycles. The number of hydrogen-bond donors (Lipinski definition) is 0. The van der Waals surface area contributed by atoms with Crippen LogP contribution in [-0.2, 0) is 10.0 Å². The van der Waals surface area contributed by atoms with E-state index in [1.165, 1.54) is 12.8 Å². The summed E-state index contributed by atoms with van der Waals surface area (Å²) in [4.78, 5) is 2.88. The second-order valence-electron chi connectivity index (χ2n) is 7.56. The van der Waals surface area contributed by atoms with Gasteiger partial charge in [0, 0.05) is 32.7 Å². The first-order chi connectivity index (χ1) is 11.5. The van der Waals surface area contributed by atoms with Gasteiger partial charge in [0.1, 0.15) is 0 Å². The molecule has 2 fully saturated rings. The Bertz CT molecular complexity index is 718. The van der Waals surface area contributed by atoms with Gasteiger partial charge in [0.25, 0.3) is 0 Å². The first-order valence-electron chi connectivity index (χ1n) is 9.00. The molecular weight excluding hydrogens is 320 g/mol. The Labute approximate surface area is 145 Å². The fraction of sp³-hybridized carbons (Fsp3) is 0.579. The number of benzene rings is 1. The Hall–Kier alpha value is -1.17. The predicted octanol–water partition coefficient (Wildman–Crippen LogP) is 2.51. The van der Waals surface area contributed by atoms with E-state index in [9.17, 15) is 8.42 Å². The van der Waals surface area contributed by atoms with E-state index in [1.54, 1.807) is 16.4 Å². The van der Waals surface area contributed by atoms with E-state index in [0.29, 0.717) is 18.0 Å². The van der Waals surface area contributed by atoms with Crippen molar-refractivity contribution >= 4 is 10.0 Å². The molecule has 3 atom stereocenters. The minimum atomic E-state index is -3.34. The summed E-state index contributed by atoms with van der Waals surface area (Å²) in [6.07, 6.45) is 7.44. The van der Waals surface area contributed by atoms with Crippen LogP contribution in [0.5, 0.6) is 0 Å². The highest BCUT2D eigenvalue weighted by atomic mass is 32.2. The normalized spacial score (nSPS) is 31.0. The van der Waals surface area contributed by atoms with Gasteiger partial charge in [-0.3, -0.25) is 0 Å². The van der Waals surface area contributed by atoms with E-state index in [-0.39, 0.29) is 0 Å². The zero-order valence-electron chi connectivity index (χ0n) is 14.3. The Morgan fingerprint density at radius 1 is 1.00 bits per heavy atom. The van der Waals surface area contributed by atoms with Crippen LogP contribution in [-0.4, -0.2) is 50.3 Å². The van der Waals surface area contributed by atoms with Crippen molar-refractivity contribution in [3.63, 3.8) is 0 Å². The van der Waals surface area contributed by atoms with E-state index in [4.69, 9.17) is 0 Å². The molecule has 24 heavy (non-hydrogen) atoms. The number of hydrogen-bond acceptors (Lipinski definition) is 3. The molecule has 5 heteroatoms. The van der Waals surface area contributed by atoms with Gasteiger partial charge in [0.05, 0.1) is 4.90 Å². The largest absolute Gasteiger partial charge is 0.300 e. The first-order valence-corrected chi connectivity index (χ1v) is 10.4. The molecule has 0 radical (unpaired) electrons. The monoisotopic (exact) mass is 346 g/mol. The van der Waals surface area contributed by atoms with E-state index < -0.39 is 10.0 Å². The molecule has 4 nitrogen and oxygen atoms in total. The smallest absolute Gasteiger partial charge is 0.243 e. The molecule has 3 aliphatic rings. The summed E-state index contributed by atoms with van der Waals surface area (Å²) in [5.74, 6) is 2.35. The summed E-state index contributed by atoms with van der Waals surface area (Å²) in [6.45, 7) is 6.01. The molecule has 0 aromatic heterocycles. The molecule has 1 aromatic rings. The summed E-state index contributed by atoms with van der Waals surface area (Å²) in [5, 5.41) is 0. The van der Waals surface area contributed by atoms with Crippen LogP contribution in [0, 0.1) is 24.7 Å². The minimum absolute atomic E-state index is 0.416. The van der Waals surface area contributed by atoms with Crippen molar-refractivity contribution in [1.82, 2.24) is 9.21 Å². The van der Waals surface area contributed by atoms with Crippen molar-refractivity contribution in [3.8, 4) is 0 Å². The average molecular weight is 346 g/mol. The molecule has 1 saturated carbocycles. The Morgan fingerprint density at radius 2 is 1.71 bits per heavy atom. The lowest BCUT2D eigenvalue weighted by molar-refractivity contribution is 0.156. The molecular formula is C19H26N2O2S. The van der Waals surface area contributed by atoms with E-state index in [2.05, 4.69) is 17.1 Å². The SMILES string of the molecule is Cc1ccc(S(=O)(=O)N2CCN(C[C@H]3C[C@H]4C=C[C@@H]3C4)CC2)cc1. The van der Waals surface area contributed by atoms with Crippen LogP contribution in [0.15, 0.2) is 41.3 Å². The topological polar surface area (TPSA) is 40.6 Å². The van der Waals surface area contributed by atoms with Crippen LogP contribution in [0.25, 0.3) is 0 Å². The van der Waals surface area contributed by atoms with E-state index in [0.717, 1.165) is 43.0 Å². The maximum Gasteiger partial charge on any atom is 0.243 e. The zero-order chi connectivity index (χ0) is 16.7. The molecule has 4 rings (SSSR count). The van der Waals surface area contributed by atoms with Crippen molar-refractivity contribution < 1.29 is 8.42 Å². The molecule has 130 valence electrons. The minimum Gasteiger partial charge on any atom is -0.300 e. The third-order valence-corrected chi connectivity index (χ3v) is 7.81. The average Bonchev–Trinajstić information content (AvgIpc) is 3.19. The number of sulfonamides is 1. The first kappa shape index (κ1) is 16.3. The summed E-state index contributed by atoms with van der Waals surface area (Å²) in [6, 6.07) is 7.18. The number of rotatable bonds is 4. The Balaban J connectivity index is 1.35. The summed E-state index contributed by atoms with van der Waals surface area (Å²) in [7, 11) is -3.34. The van der Waals surface area contributed by atoms with Crippen LogP contribution in [0.1, 0.15) is 18.4 Å². The van der Waals surface area contributed by atoms with Gasteiger partial charge in [-0.15, -0.1) is 0 Å². The zero-order valence-corrected chi connectivity index (χ0v) is 15.1. The van der Waals surface area contributed by atoms with Crippen LogP contribution in [0.3, 0.4) is 0 Å². The van der Waals surface area contributed by atoms with Crippen LogP contribution < -0.4 is 0 Å². The van der Waals surface area contributed by atoms with Crippen LogP contribution in [0.4, 0.5) is 0 Å². The van der Waals surface area contributed by atoms with Gasteiger partial charge < -0.3 is 4.90 Å². The summed E-state index contributed by atoms with van der Waals surface area (Å²) in [5.41, 5.74) is 1.08. The highest BCUT2D eigenvalue weighted by Crippen LogP contribution is 2.43. The molecule has 0 amide bonds. The Morgan fingerprint density at radius 3 is 2.29 bits per heavy atom. The second-order valence-corrected chi connectivity index (χ2v) is 9.50. The van der Waals surface area contributed by atoms with Gasteiger partial charge in [-0.05, 0) is 49.7 Å². The fourth-order valence-electron chi connectivity index (χ4n) is 4.45. The van der Waals surface area contributed by atoms with Gasteiger partial charge in [0.2, 0.25) is 10.0 Å². The lowest BCUT2D eigenvalue weighted by Crippen LogP contribution is -2.49. The Kier molecular flexibility index (Phi) is 4.27. The maximum atomic E-state index is 12.8. The molecule has 0 N–H and O–H groups in total. The molecule has 1 aliphatic heterocycles. The predicted molar refractivity (Wildman–Crippen MR) is 95.2 cm³/mol. The second kappa shape index (κ2) is 6.28. The lowest BCUT2D eigenvalue weighted by atomic mass is 9.93. The highest BCUT2D eigenvalue weighted by Gasteiger charge is 2.37. The third kappa shape index (κ3) is 3.05. The third-order valence-electron chi connectivity index (χ3n) is 5.90. The fourth-order valence-corrected chi connectivity index (χ4v) is 5.87. The number of aryl methyl sites for hydroxylation is 1. The van der Waals surface area contributed by atoms with E-state index >= 15 is 0 Å².